The molecule has 1 aliphatic heterocycles. The predicted octanol–water partition coefficient (Wildman–Crippen LogP) is 2.31. The van der Waals surface area contributed by atoms with Crippen LogP contribution < -0.4 is 0 Å². The number of amides is 1. The fourth-order valence-corrected chi connectivity index (χ4v) is 2.56. The summed E-state index contributed by atoms with van der Waals surface area (Å²) in [6, 6.07) is 5.29. The maximum atomic E-state index is 13.0. The van der Waals surface area contributed by atoms with Crippen LogP contribution in [0.2, 0.25) is 0 Å². The summed E-state index contributed by atoms with van der Waals surface area (Å²) in [5.74, 6) is 0. The van der Waals surface area contributed by atoms with Crippen LogP contribution in [0.25, 0.3) is 0 Å². The number of hydrogen-bond donors (Lipinski definition) is 0. The summed E-state index contributed by atoms with van der Waals surface area (Å²) in [4.78, 5) is 13.4. The van der Waals surface area contributed by atoms with Gasteiger partial charge in [-0.25, -0.2) is 9.48 Å². The zero-order chi connectivity index (χ0) is 18.6. The number of hydrogen-bond acceptors (Lipinski definition) is 5. The monoisotopic (exact) mass is 370 g/mol. The lowest BCUT2D eigenvalue weighted by Crippen LogP contribution is -2.40. The van der Waals surface area contributed by atoms with Crippen LogP contribution in [0.3, 0.4) is 0 Å². The SMILES string of the molecule is O=C(OCc1cn(Cc2ccccc2C(F)(F)F)nn1)N1CCOCC1. The molecule has 140 valence electrons. The van der Waals surface area contributed by atoms with Crippen molar-refractivity contribution >= 4 is 6.09 Å². The van der Waals surface area contributed by atoms with E-state index in [4.69, 9.17) is 9.47 Å². The van der Waals surface area contributed by atoms with E-state index in [1.807, 2.05) is 0 Å². The predicted molar refractivity (Wildman–Crippen MR) is 83.1 cm³/mol. The average Bonchev–Trinajstić information content (AvgIpc) is 3.07. The van der Waals surface area contributed by atoms with E-state index in [0.717, 1.165) is 6.07 Å². The van der Waals surface area contributed by atoms with Crippen molar-refractivity contribution in [2.75, 3.05) is 26.3 Å². The topological polar surface area (TPSA) is 69.5 Å². The fourth-order valence-electron chi connectivity index (χ4n) is 2.56. The second kappa shape index (κ2) is 7.73. The zero-order valence-electron chi connectivity index (χ0n) is 13.8. The molecule has 0 spiro atoms. The van der Waals surface area contributed by atoms with Gasteiger partial charge < -0.3 is 14.4 Å². The van der Waals surface area contributed by atoms with Crippen molar-refractivity contribution < 1.29 is 27.4 Å². The minimum Gasteiger partial charge on any atom is -0.443 e. The number of ether oxygens (including phenoxy) is 2. The third kappa shape index (κ3) is 4.51. The first-order valence-corrected chi connectivity index (χ1v) is 7.97. The molecule has 1 aromatic carbocycles. The summed E-state index contributed by atoms with van der Waals surface area (Å²) in [6.45, 7) is 1.66. The molecule has 26 heavy (non-hydrogen) atoms. The Balaban J connectivity index is 1.59. The van der Waals surface area contributed by atoms with Crippen molar-refractivity contribution in [3.8, 4) is 0 Å². The molecule has 10 heteroatoms. The van der Waals surface area contributed by atoms with Gasteiger partial charge in [-0.2, -0.15) is 13.2 Å². The first-order valence-electron chi connectivity index (χ1n) is 7.97. The van der Waals surface area contributed by atoms with Crippen molar-refractivity contribution in [1.82, 2.24) is 19.9 Å². The molecule has 1 aliphatic rings. The Morgan fingerprint density at radius 3 is 2.69 bits per heavy atom. The van der Waals surface area contributed by atoms with Crippen molar-refractivity contribution in [3.05, 3.63) is 47.3 Å². The fraction of sp³-hybridized carbons (Fsp3) is 0.438. The maximum Gasteiger partial charge on any atom is 0.416 e. The van der Waals surface area contributed by atoms with Gasteiger partial charge >= 0.3 is 12.3 Å². The van der Waals surface area contributed by atoms with Gasteiger partial charge in [-0.3, -0.25) is 0 Å². The highest BCUT2D eigenvalue weighted by atomic mass is 19.4. The smallest absolute Gasteiger partial charge is 0.416 e. The number of benzene rings is 1. The van der Waals surface area contributed by atoms with Crippen LogP contribution >= 0.6 is 0 Å². The summed E-state index contributed by atoms with van der Waals surface area (Å²) >= 11 is 0. The van der Waals surface area contributed by atoms with Crippen LogP contribution in [0.15, 0.2) is 30.5 Å². The van der Waals surface area contributed by atoms with Crippen molar-refractivity contribution in [1.29, 1.82) is 0 Å². The van der Waals surface area contributed by atoms with Gasteiger partial charge in [0.25, 0.3) is 0 Å². The van der Waals surface area contributed by atoms with E-state index in [-0.39, 0.29) is 18.7 Å². The molecule has 0 unspecified atom stereocenters. The van der Waals surface area contributed by atoms with Gasteiger partial charge in [0.1, 0.15) is 12.3 Å². The lowest BCUT2D eigenvalue weighted by molar-refractivity contribution is -0.138. The highest BCUT2D eigenvalue weighted by molar-refractivity contribution is 5.67. The van der Waals surface area contributed by atoms with Gasteiger partial charge in [0.15, 0.2) is 0 Å². The highest BCUT2D eigenvalue weighted by Crippen LogP contribution is 2.32. The first-order chi connectivity index (χ1) is 12.4. The molecule has 1 saturated heterocycles. The van der Waals surface area contributed by atoms with E-state index < -0.39 is 17.8 Å². The van der Waals surface area contributed by atoms with Crippen LogP contribution in [0.1, 0.15) is 16.8 Å². The number of halogens is 3. The number of morpholine rings is 1. The Labute approximate surface area is 147 Å². The van der Waals surface area contributed by atoms with E-state index in [0.29, 0.717) is 32.0 Å². The molecule has 0 N–H and O–H groups in total. The molecule has 7 nitrogen and oxygen atoms in total. The lowest BCUT2D eigenvalue weighted by atomic mass is 10.1. The molecule has 1 aromatic heterocycles. The van der Waals surface area contributed by atoms with Crippen LogP contribution in [0, 0.1) is 0 Å². The van der Waals surface area contributed by atoms with Gasteiger partial charge in [-0.1, -0.05) is 23.4 Å². The molecule has 1 fully saturated rings. The van der Waals surface area contributed by atoms with Crippen LogP contribution in [0.4, 0.5) is 18.0 Å². The molecule has 0 aliphatic carbocycles. The Morgan fingerprint density at radius 2 is 1.96 bits per heavy atom. The lowest BCUT2D eigenvalue weighted by Gasteiger charge is -2.25. The molecular formula is C16H17F3N4O3. The van der Waals surface area contributed by atoms with Crippen molar-refractivity contribution in [3.63, 3.8) is 0 Å². The van der Waals surface area contributed by atoms with Gasteiger partial charge in [0.2, 0.25) is 0 Å². The van der Waals surface area contributed by atoms with Gasteiger partial charge in [-0.15, -0.1) is 5.10 Å². The average molecular weight is 370 g/mol. The second-order valence-corrected chi connectivity index (χ2v) is 5.72. The number of carbonyl (C=O) groups excluding carboxylic acids is 1. The van der Waals surface area contributed by atoms with Crippen molar-refractivity contribution in [2.45, 2.75) is 19.3 Å². The maximum absolute atomic E-state index is 13.0. The van der Waals surface area contributed by atoms with E-state index in [1.165, 1.54) is 34.0 Å². The number of alkyl halides is 3. The van der Waals surface area contributed by atoms with E-state index in [9.17, 15) is 18.0 Å². The van der Waals surface area contributed by atoms with Gasteiger partial charge in [0.05, 0.1) is 31.5 Å². The molecule has 0 bridgehead atoms. The Morgan fingerprint density at radius 1 is 1.23 bits per heavy atom. The summed E-state index contributed by atoms with van der Waals surface area (Å²) in [6.07, 6.45) is -3.46. The van der Waals surface area contributed by atoms with Crippen LogP contribution in [0.5, 0.6) is 0 Å². The van der Waals surface area contributed by atoms with E-state index in [1.54, 1.807) is 0 Å². The number of nitrogens with zero attached hydrogens (tertiary/aromatic N) is 4. The van der Waals surface area contributed by atoms with E-state index >= 15 is 0 Å². The minimum absolute atomic E-state index is 0.0832. The molecule has 0 saturated carbocycles. The van der Waals surface area contributed by atoms with Crippen LogP contribution in [-0.2, 0) is 28.8 Å². The molecule has 1 amide bonds. The Hall–Kier alpha value is -2.62. The second-order valence-electron chi connectivity index (χ2n) is 5.72. The molecule has 3 rings (SSSR count). The standard InChI is InChI=1S/C16H17F3N4O3/c17-16(18,19)14-4-2-1-3-12(14)9-23-10-13(20-21-23)11-26-15(24)22-5-7-25-8-6-22/h1-4,10H,5-9,11H2. The molecule has 0 atom stereocenters. The highest BCUT2D eigenvalue weighted by Gasteiger charge is 2.33. The molecule has 2 aromatic rings. The Bertz CT molecular complexity index is 757. The molecular weight excluding hydrogens is 353 g/mol. The summed E-state index contributed by atoms with van der Waals surface area (Å²) in [5.41, 5.74) is -0.270. The first kappa shape index (κ1) is 18.2. The van der Waals surface area contributed by atoms with E-state index in [2.05, 4.69) is 10.3 Å². The normalized spacial score (nSPS) is 15.1. The third-order valence-electron chi connectivity index (χ3n) is 3.85. The van der Waals surface area contributed by atoms with Crippen molar-refractivity contribution in [2.24, 2.45) is 0 Å². The molecule has 0 radical (unpaired) electrons. The van der Waals surface area contributed by atoms with Gasteiger partial charge in [0, 0.05) is 13.1 Å². The van der Waals surface area contributed by atoms with Crippen LogP contribution in [-0.4, -0.2) is 52.3 Å². The zero-order valence-corrected chi connectivity index (χ0v) is 13.8. The number of rotatable bonds is 4. The summed E-state index contributed by atoms with van der Waals surface area (Å²) in [7, 11) is 0. The quantitative estimate of drug-likeness (QED) is 0.826. The number of carbonyl (C=O) groups is 1. The molecule has 2 heterocycles. The third-order valence-corrected chi connectivity index (χ3v) is 3.85. The largest absolute Gasteiger partial charge is 0.443 e. The Kier molecular flexibility index (Phi) is 5.40. The minimum atomic E-state index is -4.44. The summed E-state index contributed by atoms with van der Waals surface area (Å²) < 4.78 is 50.7. The number of aromatic nitrogens is 3. The summed E-state index contributed by atoms with van der Waals surface area (Å²) in [5, 5.41) is 7.63. The van der Waals surface area contributed by atoms with Gasteiger partial charge in [-0.05, 0) is 11.6 Å².